The third-order valence-electron chi connectivity index (χ3n) is 3.34. The van der Waals surface area contributed by atoms with Crippen molar-refractivity contribution in [2.45, 2.75) is 44.2 Å². The van der Waals surface area contributed by atoms with Crippen molar-refractivity contribution in [3.05, 3.63) is 33.1 Å². The predicted molar refractivity (Wildman–Crippen MR) is 66.1 cm³/mol. The van der Waals surface area contributed by atoms with E-state index in [1.54, 1.807) is 13.8 Å². The second-order valence-electron chi connectivity index (χ2n) is 5.25. The van der Waals surface area contributed by atoms with Gasteiger partial charge in [0.15, 0.2) is 12.0 Å². The summed E-state index contributed by atoms with van der Waals surface area (Å²) in [6.45, 7) is 3.13. The van der Waals surface area contributed by atoms with E-state index in [2.05, 4.69) is 4.98 Å². The fourth-order valence-electron chi connectivity index (χ4n) is 2.59. The van der Waals surface area contributed by atoms with E-state index in [0.717, 1.165) is 10.6 Å². The van der Waals surface area contributed by atoms with Crippen molar-refractivity contribution in [1.82, 2.24) is 9.55 Å². The van der Waals surface area contributed by atoms with Crippen molar-refractivity contribution < 1.29 is 20.7 Å². The molecule has 8 nitrogen and oxygen atoms in total. The lowest BCUT2D eigenvalue weighted by molar-refractivity contribution is -0.200. The second-order valence-corrected chi connectivity index (χ2v) is 5.25. The largest absolute Gasteiger partial charge is 0.394 e. The van der Waals surface area contributed by atoms with Crippen LogP contribution in [-0.4, -0.2) is 45.4 Å². The number of aromatic nitrogens is 2. The van der Waals surface area contributed by atoms with Crippen LogP contribution >= 0.6 is 0 Å². The molecule has 2 aliphatic rings. The summed E-state index contributed by atoms with van der Waals surface area (Å²) in [6.07, 6.45) is -3.09. The third kappa shape index (κ3) is 2.10. The minimum absolute atomic E-state index is 0.292. The number of aromatic amines is 1. The van der Waals surface area contributed by atoms with Crippen molar-refractivity contribution in [2.24, 2.45) is 0 Å². The lowest BCUT2D eigenvalue weighted by atomic mass is 10.1. The first kappa shape index (κ1) is 12.3. The van der Waals surface area contributed by atoms with Crippen LogP contribution in [0.25, 0.3) is 0 Å². The molecule has 0 radical (unpaired) electrons. The lowest BCUT2D eigenvalue weighted by Gasteiger charge is -2.24. The van der Waals surface area contributed by atoms with Crippen molar-refractivity contribution >= 4 is 0 Å². The molecule has 2 fully saturated rings. The summed E-state index contributed by atoms with van der Waals surface area (Å²) in [7, 11) is 0. The Bertz CT molecular complexity index is 668. The van der Waals surface area contributed by atoms with Gasteiger partial charge in [-0.2, -0.15) is 0 Å². The second kappa shape index (κ2) is 4.52. The van der Waals surface area contributed by atoms with Gasteiger partial charge in [0.1, 0.15) is 18.3 Å². The Morgan fingerprint density at radius 2 is 2.15 bits per heavy atom. The summed E-state index contributed by atoms with van der Waals surface area (Å²) in [4.78, 5) is 25.2. The highest BCUT2D eigenvalue weighted by Gasteiger charge is 2.55. The summed E-state index contributed by atoms with van der Waals surface area (Å²) >= 11 is 0. The van der Waals surface area contributed by atoms with Crippen molar-refractivity contribution in [2.75, 3.05) is 6.61 Å². The van der Waals surface area contributed by atoms with Crippen LogP contribution in [0, 0.1) is 0 Å². The summed E-state index contributed by atoms with van der Waals surface area (Å²) in [5, 5.41) is 9.38. The number of nitrogens with zero attached hydrogens (tertiary/aromatic N) is 1. The SMILES string of the molecule is [2H]c1cc(=O)[nH]c(=O)n1[C@@H]1O[C@H](CO)[C@H]2OC(C)(C)O[C@H]21. The fourth-order valence-corrected chi connectivity index (χ4v) is 2.59. The van der Waals surface area contributed by atoms with E-state index in [4.69, 9.17) is 15.6 Å². The molecule has 2 saturated heterocycles. The number of hydrogen-bond acceptors (Lipinski definition) is 6. The van der Waals surface area contributed by atoms with Crippen molar-refractivity contribution in [3.63, 3.8) is 0 Å². The Labute approximate surface area is 115 Å². The van der Waals surface area contributed by atoms with Gasteiger partial charge in [-0.05, 0) is 13.8 Å². The van der Waals surface area contributed by atoms with Gasteiger partial charge in [0.25, 0.3) is 5.56 Å². The quantitative estimate of drug-likeness (QED) is 0.718. The molecule has 2 N–H and O–H groups in total. The molecule has 0 aromatic carbocycles. The molecule has 3 rings (SSSR count). The average Bonchev–Trinajstić information content (AvgIpc) is 2.82. The molecule has 8 heteroatoms. The van der Waals surface area contributed by atoms with Gasteiger partial charge < -0.3 is 19.3 Å². The van der Waals surface area contributed by atoms with Gasteiger partial charge in [0.2, 0.25) is 0 Å². The molecule has 20 heavy (non-hydrogen) atoms. The number of H-pyrrole nitrogens is 1. The molecule has 4 atom stereocenters. The van der Waals surface area contributed by atoms with E-state index < -0.39 is 41.6 Å². The molecular weight excluding hydrogens is 268 g/mol. The number of aliphatic hydroxyl groups excluding tert-OH is 1. The van der Waals surface area contributed by atoms with Gasteiger partial charge in [-0.1, -0.05) is 0 Å². The number of aliphatic hydroxyl groups is 1. The molecule has 0 bridgehead atoms. The highest BCUT2D eigenvalue weighted by Crippen LogP contribution is 2.42. The number of nitrogens with one attached hydrogen (secondary N) is 1. The van der Waals surface area contributed by atoms with E-state index in [1.807, 2.05) is 0 Å². The van der Waals surface area contributed by atoms with Gasteiger partial charge in [-0.15, -0.1) is 0 Å². The highest BCUT2D eigenvalue weighted by atomic mass is 16.8. The maximum absolute atomic E-state index is 11.9. The zero-order valence-corrected chi connectivity index (χ0v) is 11.0. The van der Waals surface area contributed by atoms with Gasteiger partial charge in [-0.3, -0.25) is 14.3 Å². The third-order valence-corrected chi connectivity index (χ3v) is 3.34. The maximum atomic E-state index is 11.9. The average molecular weight is 285 g/mol. The first-order valence-electron chi connectivity index (χ1n) is 6.77. The van der Waals surface area contributed by atoms with E-state index in [0.29, 0.717) is 0 Å². The van der Waals surface area contributed by atoms with Crippen molar-refractivity contribution in [1.29, 1.82) is 0 Å². The first-order valence-corrected chi connectivity index (χ1v) is 6.27. The topological polar surface area (TPSA) is 103 Å². The van der Waals surface area contributed by atoms with Crippen LogP contribution in [0.4, 0.5) is 0 Å². The number of rotatable bonds is 2. The minimum atomic E-state index is -0.939. The number of hydrogen-bond donors (Lipinski definition) is 2. The molecule has 0 aliphatic carbocycles. The molecule has 1 aromatic rings. The number of fused-ring (bicyclic) bond motifs is 1. The molecular formula is C12H16N2O6. The summed E-state index contributed by atoms with van der Waals surface area (Å²) in [5.41, 5.74) is -1.42. The van der Waals surface area contributed by atoms with Gasteiger partial charge in [0, 0.05) is 12.2 Å². The Kier molecular flexibility index (Phi) is 2.77. The zero-order chi connectivity index (χ0) is 15.4. The van der Waals surface area contributed by atoms with Crippen LogP contribution in [0.1, 0.15) is 21.4 Å². The summed E-state index contributed by atoms with van der Waals surface area (Å²) in [5.74, 6) is -0.876. The van der Waals surface area contributed by atoms with Crippen LogP contribution in [-0.2, 0) is 14.2 Å². The van der Waals surface area contributed by atoms with Crippen molar-refractivity contribution in [3.8, 4) is 0 Å². The Hall–Kier alpha value is -1.48. The molecule has 2 aliphatic heterocycles. The molecule has 3 heterocycles. The summed E-state index contributed by atoms with van der Waals surface area (Å²) in [6, 6.07) is 0.979. The first-order chi connectivity index (χ1) is 9.82. The van der Waals surface area contributed by atoms with Crippen LogP contribution in [0.15, 0.2) is 21.8 Å². The lowest BCUT2D eigenvalue weighted by Crippen LogP contribution is -2.37. The smallest absolute Gasteiger partial charge is 0.330 e. The maximum Gasteiger partial charge on any atom is 0.330 e. The summed E-state index contributed by atoms with van der Waals surface area (Å²) < 4.78 is 25.8. The fraction of sp³-hybridized carbons (Fsp3) is 0.667. The molecule has 0 unspecified atom stereocenters. The molecule has 0 spiro atoms. The predicted octanol–water partition coefficient (Wildman–Crippen LogP) is -1.05. The van der Waals surface area contributed by atoms with E-state index in [-0.39, 0.29) is 12.8 Å². The van der Waals surface area contributed by atoms with Crippen LogP contribution in [0.3, 0.4) is 0 Å². The van der Waals surface area contributed by atoms with Gasteiger partial charge in [0.05, 0.1) is 7.98 Å². The Morgan fingerprint density at radius 1 is 1.45 bits per heavy atom. The number of ether oxygens (including phenoxy) is 3. The van der Waals surface area contributed by atoms with E-state index in [9.17, 15) is 14.7 Å². The van der Waals surface area contributed by atoms with Crippen LogP contribution < -0.4 is 11.2 Å². The standard InChI is InChI=1S/C12H16N2O6/c1-12(2)19-8-6(5-15)18-10(9(8)20-12)14-4-3-7(16)13-11(14)17/h3-4,6,8-10,15H,5H2,1-2H3,(H,13,16,17)/t6-,8-,9-,10-/m1/s1/i4D. The highest BCUT2D eigenvalue weighted by molar-refractivity contribution is 4.98. The van der Waals surface area contributed by atoms with E-state index >= 15 is 0 Å². The zero-order valence-electron chi connectivity index (χ0n) is 12.0. The Balaban J connectivity index is 2.04. The molecule has 0 amide bonds. The van der Waals surface area contributed by atoms with Crippen LogP contribution in [0.2, 0.25) is 0 Å². The van der Waals surface area contributed by atoms with Crippen LogP contribution in [0.5, 0.6) is 0 Å². The van der Waals surface area contributed by atoms with Gasteiger partial charge in [-0.25, -0.2) is 4.79 Å². The van der Waals surface area contributed by atoms with E-state index in [1.165, 1.54) is 0 Å². The molecule has 0 saturated carbocycles. The monoisotopic (exact) mass is 285 g/mol. The molecule has 110 valence electrons. The minimum Gasteiger partial charge on any atom is -0.394 e. The molecule has 1 aromatic heterocycles. The Morgan fingerprint density at radius 3 is 2.80 bits per heavy atom. The van der Waals surface area contributed by atoms with Gasteiger partial charge >= 0.3 is 5.69 Å². The normalized spacial score (nSPS) is 35.9.